The van der Waals surface area contributed by atoms with Gasteiger partial charge in [-0.3, -0.25) is 9.59 Å². The van der Waals surface area contributed by atoms with Gasteiger partial charge < -0.3 is 10.2 Å². The summed E-state index contributed by atoms with van der Waals surface area (Å²) in [5, 5.41) is 13.9. The minimum absolute atomic E-state index is 0. The molecular formula is C4H6KO4S2. The molecule has 2 atom stereocenters. The van der Waals surface area contributed by atoms with Gasteiger partial charge in [-0.15, -0.1) is 0 Å². The Morgan fingerprint density at radius 3 is 1.27 bits per heavy atom. The Hall–Kier alpha value is 1.28. The summed E-state index contributed by atoms with van der Waals surface area (Å²) < 4.78 is 0. The molecule has 0 aliphatic rings. The van der Waals surface area contributed by atoms with Gasteiger partial charge >= 0.3 is 11.9 Å². The van der Waals surface area contributed by atoms with Crippen molar-refractivity contribution in [1.82, 2.24) is 0 Å². The van der Waals surface area contributed by atoms with Crippen LogP contribution in [0.1, 0.15) is 0 Å². The van der Waals surface area contributed by atoms with Crippen LogP contribution in [-0.4, -0.2) is 84.0 Å². The number of thiol groups is 2. The van der Waals surface area contributed by atoms with Gasteiger partial charge in [-0.1, -0.05) is 0 Å². The number of carboxylic acid groups (broad SMARTS) is 2. The maximum atomic E-state index is 10.1. The van der Waals surface area contributed by atoms with Crippen LogP contribution in [0.15, 0.2) is 0 Å². The molecule has 0 fully saturated rings. The molecule has 4 nitrogen and oxygen atoms in total. The molecule has 0 aliphatic heterocycles. The van der Waals surface area contributed by atoms with Crippen LogP contribution < -0.4 is 0 Å². The SMILES string of the molecule is O=C(O)C(S)C(S)C(=O)O.[K]. The van der Waals surface area contributed by atoms with Gasteiger partial charge in [0, 0.05) is 51.4 Å². The monoisotopic (exact) mass is 221 g/mol. The van der Waals surface area contributed by atoms with Crippen LogP contribution in [0.5, 0.6) is 0 Å². The van der Waals surface area contributed by atoms with Crippen molar-refractivity contribution in [2.45, 2.75) is 10.5 Å². The van der Waals surface area contributed by atoms with Crippen molar-refractivity contribution in [3.8, 4) is 0 Å². The van der Waals surface area contributed by atoms with E-state index < -0.39 is 22.4 Å². The Morgan fingerprint density at radius 1 is 1.00 bits per heavy atom. The van der Waals surface area contributed by atoms with E-state index in [4.69, 9.17) is 10.2 Å². The molecule has 2 N–H and O–H groups in total. The van der Waals surface area contributed by atoms with Gasteiger partial charge in [0.15, 0.2) is 0 Å². The first-order chi connectivity index (χ1) is 4.46. The van der Waals surface area contributed by atoms with E-state index in [-0.39, 0.29) is 51.4 Å². The smallest absolute Gasteiger partial charge is 0.318 e. The fraction of sp³-hybridized carbons (Fsp3) is 0.500. The number of carbonyl (C=O) groups is 2. The molecule has 0 rings (SSSR count). The van der Waals surface area contributed by atoms with E-state index in [2.05, 4.69) is 25.3 Å². The quantitative estimate of drug-likeness (QED) is 0.378. The van der Waals surface area contributed by atoms with Crippen LogP contribution in [0, 0.1) is 0 Å². The molecule has 0 heterocycles. The second kappa shape index (κ2) is 6.76. The molecule has 59 valence electrons. The number of hydrogen-bond acceptors (Lipinski definition) is 4. The van der Waals surface area contributed by atoms with E-state index in [1.807, 2.05) is 0 Å². The van der Waals surface area contributed by atoms with E-state index in [0.29, 0.717) is 0 Å². The first kappa shape index (κ1) is 14.8. The molecule has 0 aromatic carbocycles. The van der Waals surface area contributed by atoms with Crippen molar-refractivity contribution < 1.29 is 19.8 Å². The third-order valence-corrected chi connectivity index (χ3v) is 2.08. The van der Waals surface area contributed by atoms with Crippen LogP contribution in [0.2, 0.25) is 0 Å². The number of carboxylic acids is 2. The normalized spacial score (nSPS) is 14.4. The minimum atomic E-state index is -1.29. The Kier molecular flexibility index (Phi) is 9.08. The fourth-order valence-corrected chi connectivity index (χ4v) is 0.525. The third-order valence-electron chi connectivity index (χ3n) is 0.805. The average Bonchev–Trinajstić information content (AvgIpc) is 1.84. The summed E-state index contributed by atoms with van der Waals surface area (Å²) in [6.07, 6.45) is 0. The van der Waals surface area contributed by atoms with Crippen molar-refractivity contribution in [2.24, 2.45) is 0 Å². The van der Waals surface area contributed by atoms with E-state index in [1.54, 1.807) is 0 Å². The Balaban J connectivity index is 0. The van der Waals surface area contributed by atoms with E-state index in [1.165, 1.54) is 0 Å². The maximum absolute atomic E-state index is 10.1. The number of aliphatic carboxylic acids is 2. The molecule has 2 unspecified atom stereocenters. The average molecular weight is 221 g/mol. The van der Waals surface area contributed by atoms with Gasteiger partial charge in [-0.2, -0.15) is 25.3 Å². The predicted octanol–water partition coefficient (Wildman–Crippen LogP) is -0.628. The van der Waals surface area contributed by atoms with Gasteiger partial charge in [-0.25, -0.2) is 0 Å². The topological polar surface area (TPSA) is 74.6 Å². The van der Waals surface area contributed by atoms with E-state index in [0.717, 1.165) is 0 Å². The molecule has 1 radical (unpaired) electrons. The Morgan fingerprint density at radius 2 is 1.18 bits per heavy atom. The Bertz CT molecular complexity index is 144. The summed E-state index contributed by atoms with van der Waals surface area (Å²) >= 11 is 7.00. The zero-order valence-electron chi connectivity index (χ0n) is 5.76. The molecule has 0 aliphatic carbocycles. The van der Waals surface area contributed by atoms with Crippen LogP contribution in [0.3, 0.4) is 0 Å². The van der Waals surface area contributed by atoms with Gasteiger partial charge in [0.2, 0.25) is 0 Å². The molecule has 0 saturated heterocycles. The molecule has 0 aromatic heterocycles. The zero-order valence-corrected chi connectivity index (χ0v) is 10.7. The zero-order chi connectivity index (χ0) is 8.31. The first-order valence-corrected chi connectivity index (χ1v) is 3.32. The summed E-state index contributed by atoms with van der Waals surface area (Å²) in [7, 11) is 0. The van der Waals surface area contributed by atoms with Crippen LogP contribution in [0.25, 0.3) is 0 Å². The van der Waals surface area contributed by atoms with Crippen molar-refractivity contribution in [2.75, 3.05) is 0 Å². The van der Waals surface area contributed by atoms with E-state index >= 15 is 0 Å². The second-order valence-electron chi connectivity index (χ2n) is 1.57. The summed E-state index contributed by atoms with van der Waals surface area (Å²) in [4.78, 5) is 20.1. The number of rotatable bonds is 3. The maximum Gasteiger partial charge on any atom is 0.318 e. The predicted molar refractivity (Wildman–Crippen MR) is 46.6 cm³/mol. The minimum Gasteiger partial charge on any atom is -0.480 e. The van der Waals surface area contributed by atoms with E-state index in [9.17, 15) is 9.59 Å². The fourth-order valence-electron chi connectivity index (χ4n) is 0.270. The van der Waals surface area contributed by atoms with Crippen molar-refractivity contribution in [1.29, 1.82) is 0 Å². The second-order valence-corrected chi connectivity index (χ2v) is 2.68. The van der Waals surface area contributed by atoms with Crippen LogP contribution in [-0.2, 0) is 9.59 Å². The molecule has 11 heavy (non-hydrogen) atoms. The summed E-state index contributed by atoms with van der Waals surface area (Å²) in [5.41, 5.74) is 0. The van der Waals surface area contributed by atoms with Crippen molar-refractivity contribution in [3.63, 3.8) is 0 Å². The van der Waals surface area contributed by atoms with Crippen LogP contribution >= 0.6 is 25.3 Å². The van der Waals surface area contributed by atoms with Crippen LogP contribution in [0.4, 0.5) is 0 Å². The Labute approximate surface area is 117 Å². The van der Waals surface area contributed by atoms with Crippen molar-refractivity contribution >= 4 is 88.6 Å². The van der Waals surface area contributed by atoms with Gasteiger partial charge in [0.25, 0.3) is 0 Å². The standard InChI is InChI=1S/C4H6O4S2.K/c5-3(6)1(9)2(10)4(7)8;/h1-2,9-10H,(H,5,6)(H,7,8);. The van der Waals surface area contributed by atoms with Gasteiger partial charge in [-0.05, 0) is 0 Å². The first-order valence-electron chi connectivity index (χ1n) is 2.28. The molecular weight excluding hydrogens is 215 g/mol. The molecule has 0 saturated carbocycles. The molecule has 7 heteroatoms. The molecule has 0 amide bonds. The van der Waals surface area contributed by atoms with Gasteiger partial charge in [0.05, 0.1) is 0 Å². The summed E-state index contributed by atoms with van der Waals surface area (Å²) in [5.74, 6) is -2.57. The summed E-state index contributed by atoms with van der Waals surface area (Å²) in [6, 6.07) is 0. The summed E-state index contributed by atoms with van der Waals surface area (Å²) in [6.45, 7) is 0. The van der Waals surface area contributed by atoms with Gasteiger partial charge in [0.1, 0.15) is 10.5 Å². The third kappa shape index (κ3) is 5.51. The molecule has 0 spiro atoms. The molecule has 0 aromatic rings. The molecule has 0 bridgehead atoms. The largest absolute Gasteiger partial charge is 0.480 e. The number of hydrogen-bond donors (Lipinski definition) is 4. The van der Waals surface area contributed by atoms with Crippen molar-refractivity contribution in [3.05, 3.63) is 0 Å².